The molecular weight excluding hydrogens is 242 g/mol. The van der Waals surface area contributed by atoms with E-state index in [0.717, 1.165) is 0 Å². The van der Waals surface area contributed by atoms with E-state index in [1.54, 1.807) is 24.3 Å². The second-order valence-corrected chi connectivity index (χ2v) is 2.81. The number of hydrogen-bond donors (Lipinski definition) is 0. The van der Waals surface area contributed by atoms with E-state index >= 15 is 0 Å². The van der Waals surface area contributed by atoms with Gasteiger partial charge in [-0.1, -0.05) is 41.9 Å². The van der Waals surface area contributed by atoms with Gasteiger partial charge in [0.2, 0.25) is 0 Å². The number of Topliss-reactive ketones (excluding diaryl/α,β-unsaturated/α-hetero) is 1. The van der Waals surface area contributed by atoms with E-state index in [4.69, 9.17) is 5.26 Å². The van der Waals surface area contributed by atoms with Gasteiger partial charge in [-0.3, -0.25) is 4.79 Å². The quantitative estimate of drug-likeness (QED) is 0.600. The molecule has 0 aliphatic rings. The van der Waals surface area contributed by atoms with Crippen molar-refractivity contribution in [3.8, 4) is 6.07 Å². The summed E-state index contributed by atoms with van der Waals surface area (Å²) in [4.78, 5) is 11.1. The molecule has 0 N–H and O–H groups in total. The van der Waals surface area contributed by atoms with E-state index in [2.05, 4.69) is 15.9 Å². The zero-order valence-electron chi connectivity index (χ0n) is 8.25. The van der Waals surface area contributed by atoms with E-state index in [1.165, 1.54) is 0 Å². The number of carbonyl (C=O) groups is 1. The average molecular weight is 254 g/mol. The summed E-state index contributed by atoms with van der Waals surface area (Å²) in [6, 6.07) is 8.57. The molecule has 0 amide bonds. The minimum absolute atomic E-state index is 0.0273. The molecule has 0 radical (unpaired) electrons. The molecule has 1 aromatic carbocycles. The van der Waals surface area contributed by atoms with Crippen molar-refractivity contribution in [1.82, 2.24) is 0 Å². The van der Waals surface area contributed by atoms with Crippen LogP contribution in [0.5, 0.6) is 0 Å². The molecule has 74 valence electrons. The van der Waals surface area contributed by atoms with Gasteiger partial charge in [0.25, 0.3) is 0 Å². The highest BCUT2D eigenvalue weighted by atomic mass is 79.9. The van der Waals surface area contributed by atoms with Crippen molar-refractivity contribution in [2.45, 2.75) is 13.8 Å². The molecule has 1 rings (SSSR count). The summed E-state index contributed by atoms with van der Waals surface area (Å²) in [5.74, 6) is 0.0273. The van der Waals surface area contributed by atoms with Crippen LogP contribution in [-0.2, 0) is 0 Å². The number of benzene rings is 1. The van der Waals surface area contributed by atoms with Crippen LogP contribution in [0, 0.1) is 11.3 Å². The predicted molar refractivity (Wildman–Crippen MR) is 60.6 cm³/mol. The Morgan fingerprint density at radius 3 is 2.21 bits per heavy atom. The molecule has 0 spiro atoms. The van der Waals surface area contributed by atoms with Gasteiger partial charge >= 0.3 is 0 Å². The lowest BCUT2D eigenvalue weighted by molar-refractivity contribution is 0.102. The van der Waals surface area contributed by atoms with E-state index in [1.807, 2.05) is 19.9 Å². The van der Waals surface area contributed by atoms with Crippen LogP contribution in [0.3, 0.4) is 0 Å². The van der Waals surface area contributed by atoms with Crippen LogP contribution in [-0.4, -0.2) is 11.1 Å². The van der Waals surface area contributed by atoms with E-state index in [0.29, 0.717) is 16.5 Å². The molecule has 1 aromatic rings. The highest BCUT2D eigenvalue weighted by Gasteiger charge is 2.01. The molecule has 0 aromatic heterocycles. The third kappa shape index (κ3) is 3.71. The van der Waals surface area contributed by atoms with Crippen LogP contribution in [0.15, 0.2) is 24.3 Å². The Labute approximate surface area is 92.7 Å². The van der Waals surface area contributed by atoms with Gasteiger partial charge in [-0.05, 0) is 12.1 Å². The fourth-order valence-corrected chi connectivity index (χ4v) is 1.13. The van der Waals surface area contributed by atoms with Gasteiger partial charge in [-0.15, -0.1) is 0 Å². The number of halogens is 1. The molecule has 14 heavy (non-hydrogen) atoms. The van der Waals surface area contributed by atoms with Crippen molar-refractivity contribution >= 4 is 21.7 Å². The number of nitriles is 1. The maximum Gasteiger partial charge on any atom is 0.173 e. The molecule has 0 heterocycles. The Hall–Kier alpha value is -1.14. The van der Waals surface area contributed by atoms with Crippen molar-refractivity contribution in [2.24, 2.45) is 0 Å². The first-order chi connectivity index (χ1) is 6.77. The number of alkyl halides is 1. The fourth-order valence-electron chi connectivity index (χ4n) is 0.808. The first-order valence-electron chi connectivity index (χ1n) is 4.37. The highest BCUT2D eigenvalue weighted by molar-refractivity contribution is 9.09. The van der Waals surface area contributed by atoms with Gasteiger partial charge in [0.05, 0.1) is 17.0 Å². The molecular formula is C11H12BrNO. The molecule has 0 unspecified atom stereocenters. The minimum Gasteiger partial charge on any atom is -0.293 e. The number of rotatable bonds is 2. The predicted octanol–water partition coefficient (Wildman–Crippen LogP) is 3.16. The van der Waals surface area contributed by atoms with Crippen LogP contribution in [0.2, 0.25) is 0 Å². The Balaban J connectivity index is 0.000000791. The lowest BCUT2D eigenvalue weighted by Crippen LogP contribution is -1.98. The number of ketones is 1. The first kappa shape index (κ1) is 12.9. The van der Waals surface area contributed by atoms with Crippen LogP contribution < -0.4 is 0 Å². The number of nitrogens with zero attached hydrogens (tertiary/aromatic N) is 1. The largest absolute Gasteiger partial charge is 0.293 e. The monoisotopic (exact) mass is 253 g/mol. The van der Waals surface area contributed by atoms with E-state index < -0.39 is 0 Å². The third-order valence-corrected chi connectivity index (χ3v) is 1.97. The summed E-state index contributed by atoms with van der Waals surface area (Å²) in [5, 5.41) is 8.80. The molecule has 0 atom stereocenters. The van der Waals surface area contributed by atoms with Gasteiger partial charge in [-0.25, -0.2) is 0 Å². The van der Waals surface area contributed by atoms with E-state index in [-0.39, 0.29) is 5.78 Å². The van der Waals surface area contributed by atoms with Crippen LogP contribution in [0.25, 0.3) is 0 Å². The van der Waals surface area contributed by atoms with Gasteiger partial charge in [0.1, 0.15) is 0 Å². The summed E-state index contributed by atoms with van der Waals surface area (Å²) in [5.41, 5.74) is 1.20. The molecule has 0 aliphatic heterocycles. The molecule has 3 heteroatoms. The van der Waals surface area contributed by atoms with Crippen molar-refractivity contribution in [3.63, 3.8) is 0 Å². The van der Waals surface area contributed by atoms with Crippen molar-refractivity contribution < 1.29 is 4.79 Å². The Kier molecular flexibility index (Phi) is 6.69. The fraction of sp³-hybridized carbons (Fsp3) is 0.273. The minimum atomic E-state index is 0.0273. The second-order valence-electron chi connectivity index (χ2n) is 2.25. The topological polar surface area (TPSA) is 40.9 Å². The smallest absolute Gasteiger partial charge is 0.173 e. The Morgan fingerprint density at radius 2 is 1.86 bits per heavy atom. The Bertz CT molecular complexity index is 324. The van der Waals surface area contributed by atoms with E-state index in [9.17, 15) is 4.79 Å². The van der Waals surface area contributed by atoms with Crippen LogP contribution in [0.4, 0.5) is 0 Å². The van der Waals surface area contributed by atoms with Crippen molar-refractivity contribution in [3.05, 3.63) is 35.4 Å². The molecule has 2 nitrogen and oxygen atoms in total. The summed E-state index contributed by atoms with van der Waals surface area (Å²) < 4.78 is 0. The maximum atomic E-state index is 11.1. The lowest BCUT2D eigenvalue weighted by Gasteiger charge is -1.95. The molecule has 0 aliphatic carbocycles. The van der Waals surface area contributed by atoms with Crippen molar-refractivity contribution in [2.75, 3.05) is 5.33 Å². The van der Waals surface area contributed by atoms with Gasteiger partial charge in [0.15, 0.2) is 5.78 Å². The zero-order valence-corrected chi connectivity index (χ0v) is 9.84. The summed E-state index contributed by atoms with van der Waals surface area (Å²) in [6.45, 7) is 4.00. The number of hydrogen-bond acceptors (Lipinski definition) is 2. The molecule has 0 saturated heterocycles. The lowest BCUT2D eigenvalue weighted by atomic mass is 10.1. The summed E-state index contributed by atoms with van der Waals surface area (Å²) in [6.07, 6.45) is 0. The molecule has 0 fully saturated rings. The molecule has 0 bridgehead atoms. The maximum absolute atomic E-state index is 11.1. The van der Waals surface area contributed by atoms with Gasteiger partial charge in [0, 0.05) is 5.56 Å². The first-order valence-corrected chi connectivity index (χ1v) is 5.49. The highest BCUT2D eigenvalue weighted by Crippen LogP contribution is 2.05. The van der Waals surface area contributed by atoms with Gasteiger partial charge in [-0.2, -0.15) is 5.26 Å². The number of carbonyl (C=O) groups excluding carboxylic acids is 1. The van der Waals surface area contributed by atoms with Crippen LogP contribution in [0.1, 0.15) is 29.8 Å². The molecule has 0 saturated carbocycles. The van der Waals surface area contributed by atoms with Crippen LogP contribution >= 0.6 is 15.9 Å². The second kappa shape index (κ2) is 7.28. The van der Waals surface area contributed by atoms with Crippen molar-refractivity contribution in [1.29, 1.82) is 5.26 Å². The standard InChI is InChI=1S/C9H6BrNO.C2H6/c10-5-9(12)8-3-1-7(6-11)2-4-8;1-2/h1-4H,5H2;1-2H3. The normalized spacial score (nSPS) is 8.14. The third-order valence-electron chi connectivity index (χ3n) is 1.46. The average Bonchev–Trinajstić information content (AvgIpc) is 2.31. The summed E-state index contributed by atoms with van der Waals surface area (Å²) in [7, 11) is 0. The Morgan fingerprint density at radius 1 is 1.36 bits per heavy atom. The zero-order chi connectivity index (χ0) is 11.0. The summed E-state index contributed by atoms with van der Waals surface area (Å²) >= 11 is 3.07. The SMILES string of the molecule is CC.N#Cc1ccc(C(=O)CBr)cc1. The van der Waals surface area contributed by atoms with Gasteiger partial charge < -0.3 is 0 Å².